The molecule has 1 N–H and O–H groups in total. The molecule has 178 valence electrons. The number of amides is 1. The van der Waals surface area contributed by atoms with Crippen molar-refractivity contribution in [1.82, 2.24) is 0 Å². The molecule has 4 rings (SSSR count). The molecule has 0 spiro atoms. The molecule has 0 fully saturated rings. The highest BCUT2D eigenvalue weighted by Gasteiger charge is 2.26. The minimum absolute atomic E-state index is 0. The van der Waals surface area contributed by atoms with E-state index in [0.29, 0.717) is 11.1 Å². The van der Waals surface area contributed by atoms with Crippen molar-refractivity contribution in [2.45, 2.75) is 20.9 Å². The van der Waals surface area contributed by atoms with Crippen LogP contribution in [-0.4, -0.2) is 21.9 Å². The Hall–Kier alpha value is -4.30. The van der Waals surface area contributed by atoms with Gasteiger partial charge in [-0.2, -0.15) is 0 Å². The van der Waals surface area contributed by atoms with E-state index in [4.69, 9.17) is 0 Å². The van der Waals surface area contributed by atoms with Crippen LogP contribution in [0.4, 0.5) is 11.4 Å². The van der Waals surface area contributed by atoms with Crippen LogP contribution >= 0.6 is 11.3 Å². The van der Waals surface area contributed by atoms with Gasteiger partial charge in [-0.3, -0.25) is 14.9 Å². The van der Waals surface area contributed by atoms with Gasteiger partial charge >= 0.3 is 5.97 Å². The molecule has 3 aromatic carbocycles. The Balaban J connectivity index is 0.00000342. The van der Waals surface area contributed by atoms with Crippen molar-refractivity contribution in [3.05, 3.63) is 117 Å². The largest absolute Gasteiger partial charge is 0.477 e. The molecule has 0 aliphatic heterocycles. The summed E-state index contributed by atoms with van der Waals surface area (Å²) in [5, 5.41) is 20.9. The molecule has 0 radical (unpaired) electrons. The highest BCUT2D eigenvalue weighted by atomic mass is 32.1. The normalized spacial score (nSPS) is 10.3. The number of nitrogens with zero attached hydrogens (tertiary/aromatic N) is 2. The molecule has 7 nitrogen and oxygen atoms in total. The van der Waals surface area contributed by atoms with E-state index in [9.17, 15) is 24.8 Å². The molecule has 0 saturated heterocycles. The first kappa shape index (κ1) is 25.3. The molecule has 0 unspecified atom stereocenters. The summed E-state index contributed by atoms with van der Waals surface area (Å²) in [6, 6.07) is 24.0. The van der Waals surface area contributed by atoms with Crippen LogP contribution in [0.5, 0.6) is 0 Å². The maximum atomic E-state index is 13.6. The molecule has 0 aliphatic carbocycles. The van der Waals surface area contributed by atoms with Crippen molar-refractivity contribution in [3.63, 3.8) is 0 Å². The number of rotatable bonds is 7. The van der Waals surface area contributed by atoms with Gasteiger partial charge in [0, 0.05) is 22.6 Å². The lowest BCUT2D eigenvalue weighted by Crippen LogP contribution is -2.31. The number of nitro benzene ring substituents is 1. The van der Waals surface area contributed by atoms with Gasteiger partial charge in [-0.1, -0.05) is 67.6 Å². The van der Waals surface area contributed by atoms with Crippen LogP contribution in [0.2, 0.25) is 0 Å². The van der Waals surface area contributed by atoms with E-state index in [1.165, 1.54) is 17.0 Å². The fourth-order valence-electron chi connectivity index (χ4n) is 3.50. The van der Waals surface area contributed by atoms with Crippen molar-refractivity contribution in [3.8, 4) is 10.4 Å². The molecule has 8 heteroatoms. The van der Waals surface area contributed by atoms with Gasteiger partial charge in [-0.05, 0) is 36.2 Å². The van der Waals surface area contributed by atoms with Crippen LogP contribution in [0.3, 0.4) is 0 Å². The molecule has 1 aromatic heterocycles. The summed E-state index contributed by atoms with van der Waals surface area (Å²) in [5.74, 6) is -1.49. The van der Waals surface area contributed by atoms with Crippen LogP contribution in [0.1, 0.15) is 38.6 Å². The first-order chi connectivity index (χ1) is 16.3. The quantitative estimate of drug-likeness (QED) is 0.227. The number of carbonyl (C=O) groups excluding carboxylic acids is 1. The predicted octanol–water partition coefficient (Wildman–Crippen LogP) is 6.81. The van der Waals surface area contributed by atoms with E-state index in [1.54, 1.807) is 30.3 Å². The number of thiophene rings is 1. The van der Waals surface area contributed by atoms with Crippen molar-refractivity contribution in [2.75, 3.05) is 4.90 Å². The average molecular weight is 489 g/mol. The third-order valence-corrected chi connectivity index (χ3v) is 6.45. The predicted molar refractivity (Wildman–Crippen MR) is 138 cm³/mol. The number of hydrogen-bond donors (Lipinski definition) is 1. The third-order valence-electron chi connectivity index (χ3n) is 5.29. The van der Waals surface area contributed by atoms with Gasteiger partial charge in [-0.25, -0.2) is 4.79 Å². The summed E-state index contributed by atoms with van der Waals surface area (Å²) in [4.78, 5) is 38.4. The van der Waals surface area contributed by atoms with Crippen LogP contribution in [0.15, 0.2) is 84.9 Å². The molecule has 1 heterocycles. The smallest absolute Gasteiger partial charge is 0.348 e. The molecule has 35 heavy (non-hydrogen) atoms. The van der Waals surface area contributed by atoms with Crippen LogP contribution in [-0.2, 0) is 6.54 Å². The Morgan fingerprint density at radius 2 is 1.60 bits per heavy atom. The van der Waals surface area contributed by atoms with Gasteiger partial charge < -0.3 is 10.0 Å². The summed E-state index contributed by atoms with van der Waals surface area (Å²) in [6.07, 6.45) is 0. The van der Waals surface area contributed by atoms with Crippen molar-refractivity contribution < 1.29 is 19.6 Å². The van der Waals surface area contributed by atoms with E-state index in [-0.39, 0.29) is 36.1 Å². The number of carboxylic acids is 1. The lowest BCUT2D eigenvalue weighted by molar-refractivity contribution is -0.384. The topological polar surface area (TPSA) is 101 Å². The van der Waals surface area contributed by atoms with Gasteiger partial charge in [0.05, 0.1) is 17.2 Å². The van der Waals surface area contributed by atoms with Crippen molar-refractivity contribution in [1.29, 1.82) is 0 Å². The number of aryl methyl sites for hydroxylation is 1. The Kier molecular flexibility index (Phi) is 7.78. The Labute approximate surface area is 207 Å². The van der Waals surface area contributed by atoms with E-state index >= 15 is 0 Å². The number of nitro groups is 1. The standard InChI is InChI=1S/C26H20N2O5S.CH4/c1-17-7-11-20(12-8-17)25(29)27(16-18-9-13-21(14-10-18)28(32)33)22-15-23(34-24(22)26(30)31)19-5-3-2-4-6-19;/h2-15H,16H2,1H3,(H,30,31);1H4. The molecule has 0 aliphatic rings. The number of anilines is 1. The number of aromatic carboxylic acids is 1. The molecular formula is C27H24N2O5S. The molecule has 0 saturated carbocycles. The Bertz CT molecular complexity index is 1350. The summed E-state index contributed by atoms with van der Waals surface area (Å²) < 4.78 is 0. The summed E-state index contributed by atoms with van der Waals surface area (Å²) in [6.45, 7) is 1.96. The highest BCUT2D eigenvalue weighted by Crippen LogP contribution is 2.38. The number of carboxylic acid groups (broad SMARTS) is 1. The van der Waals surface area contributed by atoms with Gasteiger partial charge in [0.15, 0.2) is 0 Å². The lowest BCUT2D eigenvalue weighted by atomic mass is 10.1. The Morgan fingerprint density at radius 3 is 2.17 bits per heavy atom. The second-order valence-corrected chi connectivity index (χ2v) is 8.73. The highest BCUT2D eigenvalue weighted by molar-refractivity contribution is 7.18. The van der Waals surface area contributed by atoms with Gasteiger partial charge in [-0.15, -0.1) is 11.3 Å². The second kappa shape index (κ2) is 10.8. The number of non-ortho nitro benzene ring substituents is 1. The Morgan fingerprint density at radius 1 is 0.971 bits per heavy atom. The van der Waals surface area contributed by atoms with Crippen molar-refractivity contribution in [2.24, 2.45) is 0 Å². The first-order valence-corrected chi connectivity index (χ1v) is 11.2. The van der Waals surface area contributed by atoms with E-state index < -0.39 is 10.9 Å². The lowest BCUT2D eigenvalue weighted by Gasteiger charge is -2.23. The maximum Gasteiger partial charge on any atom is 0.348 e. The van der Waals surface area contributed by atoms with E-state index in [2.05, 4.69) is 0 Å². The van der Waals surface area contributed by atoms with Crippen LogP contribution < -0.4 is 4.90 Å². The number of hydrogen-bond acceptors (Lipinski definition) is 5. The van der Waals surface area contributed by atoms with Crippen molar-refractivity contribution >= 4 is 34.6 Å². The zero-order chi connectivity index (χ0) is 24.2. The monoisotopic (exact) mass is 488 g/mol. The number of benzene rings is 3. The SMILES string of the molecule is C.Cc1ccc(C(=O)N(Cc2ccc([N+](=O)[O-])cc2)c2cc(-c3ccccc3)sc2C(=O)O)cc1. The maximum absolute atomic E-state index is 13.6. The van der Waals surface area contributed by atoms with Gasteiger partial charge in [0.2, 0.25) is 0 Å². The minimum Gasteiger partial charge on any atom is -0.477 e. The summed E-state index contributed by atoms with van der Waals surface area (Å²) in [7, 11) is 0. The number of carbonyl (C=O) groups is 2. The molecule has 4 aromatic rings. The molecular weight excluding hydrogens is 464 g/mol. The van der Waals surface area contributed by atoms with Gasteiger partial charge in [0.25, 0.3) is 11.6 Å². The average Bonchev–Trinajstić information content (AvgIpc) is 3.29. The molecule has 1 amide bonds. The fourth-order valence-corrected chi connectivity index (χ4v) is 4.51. The fraction of sp³-hybridized carbons (Fsp3) is 0.111. The molecule has 0 atom stereocenters. The van der Waals surface area contributed by atoms with Gasteiger partial charge in [0.1, 0.15) is 4.88 Å². The molecule has 0 bridgehead atoms. The first-order valence-electron chi connectivity index (χ1n) is 10.4. The van der Waals surface area contributed by atoms with E-state index in [1.807, 2.05) is 49.4 Å². The van der Waals surface area contributed by atoms with Crippen LogP contribution in [0.25, 0.3) is 10.4 Å². The van der Waals surface area contributed by atoms with Crippen LogP contribution in [0, 0.1) is 17.0 Å². The second-order valence-electron chi connectivity index (χ2n) is 7.68. The summed E-state index contributed by atoms with van der Waals surface area (Å²) in [5.41, 5.74) is 3.10. The zero-order valence-corrected chi connectivity index (χ0v) is 19.0. The minimum atomic E-state index is -1.13. The van der Waals surface area contributed by atoms with E-state index in [0.717, 1.165) is 27.3 Å². The summed E-state index contributed by atoms with van der Waals surface area (Å²) >= 11 is 1.10. The zero-order valence-electron chi connectivity index (χ0n) is 18.2. The third kappa shape index (κ3) is 5.62.